The van der Waals surface area contributed by atoms with Crippen molar-refractivity contribution in [2.75, 3.05) is 54.1 Å². The lowest BCUT2D eigenvalue weighted by atomic mass is 10.1. The van der Waals surface area contributed by atoms with Crippen LogP contribution in [0.25, 0.3) is 0 Å². The number of carbonyl (C=O) groups excluding carboxylic acids is 1. The molecule has 0 rings (SSSR count). The Hall–Kier alpha value is -0.760. The Bertz CT molecular complexity index is 756. The molecule has 46 heavy (non-hydrogen) atoms. The van der Waals surface area contributed by atoms with Crippen molar-refractivity contribution in [2.24, 2.45) is 0 Å². The molecule has 0 spiro atoms. The van der Waals surface area contributed by atoms with E-state index in [0.29, 0.717) is 24.1 Å². The number of hydrogen-bond acceptors (Lipinski definition) is 7. The van der Waals surface area contributed by atoms with Gasteiger partial charge < -0.3 is 27.9 Å². The van der Waals surface area contributed by atoms with Crippen LogP contribution >= 0.6 is 7.82 Å². The standard InChI is InChI=1S/C37H74NO7P/c1-6-8-10-12-14-16-18-20-22-24-26-28-30-37(39)45-36(35-44-46(40,41)43-33-31-38(3,4)5)34-42-32-29-27-25-23-21-19-17-15-13-11-9-7-2/h14,16,36H,6-13,15,17-35H2,1-5H3/b16-14-. The van der Waals surface area contributed by atoms with Gasteiger partial charge in [-0.15, -0.1) is 0 Å². The van der Waals surface area contributed by atoms with Gasteiger partial charge in [-0.3, -0.25) is 9.36 Å². The molecule has 0 bridgehead atoms. The number of phosphoric acid groups is 1. The number of unbranched alkanes of at least 4 members (excludes halogenated alkanes) is 19. The molecular formula is C37H74NO7P. The largest absolute Gasteiger partial charge is 0.756 e. The van der Waals surface area contributed by atoms with Gasteiger partial charge in [0.2, 0.25) is 0 Å². The molecule has 0 aliphatic rings. The zero-order valence-corrected chi connectivity index (χ0v) is 31.7. The molecule has 0 heterocycles. The van der Waals surface area contributed by atoms with Gasteiger partial charge >= 0.3 is 5.97 Å². The number of esters is 1. The van der Waals surface area contributed by atoms with E-state index in [1.807, 2.05) is 21.1 Å². The van der Waals surface area contributed by atoms with E-state index in [2.05, 4.69) is 26.0 Å². The fraction of sp³-hybridized carbons (Fsp3) is 0.919. The smallest absolute Gasteiger partial charge is 0.306 e. The third-order valence-electron chi connectivity index (χ3n) is 8.07. The van der Waals surface area contributed by atoms with Crippen LogP contribution < -0.4 is 4.89 Å². The fourth-order valence-electron chi connectivity index (χ4n) is 5.07. The minimum atomic E-state index is -4.51. The van der Waals surface area contributed by atoms with E-state index in [4.69, 9.17) is 18.5 Å². The molecule has 2 atom stereocenters. The lowest BCUT2D eigenvalue weighted by Gasteiger charge is -2.28. The summed E-state index contributed by atoms with van der Waals surface area (Å²) in [6, 6.07) is 0. The fourth-order valence-corrected chi connectivity index (χ4v) is 5.80. The highest BCUT2D eigenvalue weighted by Gasteiger charge is 2.20. The summed E-state index contributed by atoms with van der Waals surface area (Å²) in [6.45, 7) is 5.38. The first-order valence-corrected chi connectivity index (χ1v) is 20.4. The van der Waals surface area contributed by atoms with Crippen LogP contribution in [0.15, 0.2) is 12.2 Å². The van der Waals surface area contributed by atoms with E-state index in [1.54, 1.807) is 0 Å². The van der Waals surface area contributed by atoms with Crippen LogP contribution in [0.5, 0.6) is 0 Å². The molecule has 0 aromatic rings. The molecular weight excluding hydrogens is 601 g/mol. The zero-order chi connectivity index (χ0) is 34.2. The highest BCUT2D eigenvalue weighted by atomic mass is 31.2. The van der Waals surface area contributed by atoms with Crippen molar-refractivity contribution in [1.29, 1.82) is 0 Å². The predicted octanol–water partition coefficient (Wildman–Crippen LogP) is 9.69. The van der Waals surface area contributed by atoms with Gasteiger partial charge in [0.05, 0.1) is 34.4 Å². The van der Waals surface area contributed by atoms with Crippen molar-refractivity contribution in [3.63, 3.8) is 0 Å². The second-order valence-electron chi connectivity index (χ2n) is 13.9. The van der Waals surface area contributed by atoms with Gasteiger partial charge in [-0.25, -0.2) is 0 Å². The van der Waals surface area contributed by atoms with Gasteiger partial charge in [0.15, 0.2) is 0 Å². The molecule has 0 aliphatic carbocycles. The molecule has 0 saturated carbocycles. The second kappa shape index (κ2) is 31.5. The van der Waals surface area contributed by atoms with Crippen molar-refractivity contribution in [1.82, 2.24) is 0 Å². The van der Waals surface area contributed by atoms with E-state index in [-0.39, 0.29) is 25.8 Å². The van der Waals surface area contributed by atoms with Crippen LogP contribution in [0.1, 0.15) is 162 Å². The molecule has 8 nitrogen and oxygen atoms in total. The summed E-state index contributed by atoms with van der Waals surface area (Å²) in [4.78, 5) is 24.9. The third kappa shape index (κ3) is 34.6. The first-order chi connectivity index (χ1) is 22.1. The Labute approximate surface area is 284 Å². The Kier molecular flexibility index (Phi) is 31.0. The van der Waals surface area contributed by atoms with Gasteiger partial charge in [0, 0.05) is 13.0 Å². The Balaban J connectivity index is 4.31. The maximum atomic E-state index is 12.6. The van der Waals surface area contributed by atoms with Gasteiger partial charge in [0.25, 0.3) is 7.82 Å². The number of phosphoric ester groups is 1. The third-order valence-corrected chi connectivity index (χ3v) is 9.03. The summed E-state index contributed by atoms with van der Waals surface area (Å²) in [6.07, 6.45) is 30.7. The van der Waals surface area contributed by atoms with Crippen molar-refractivity contribution in [3.05, 3.63) is 12.2 Å². The minimum Gasteiger partial charge on any atom is -0.756 e. The monoisotopic (exact) mass is 676 g/mol. The number of ether oxygens (including phenoxy) is 2. The predicted molar refractivity (Wildman–Crippen MR) is 190 cm³/mol. The van der Waals surface area contributed by atoms with E-state index < -0.39 is 13.9 Å². The molecule has 0 fully saturated rings. The van der Waals surface area contributed by atoms with Crippen molar-refractivity contribution >= 4 is 13.8 Å². The highest BCUT2D eigenvalue weighted by molar-refractivity contribution is 7.45. The lowest BCUT2D eigenvalue weighted by molar-refractivity contribution is -0.870. The minimum absolute atomic E-state index is 0.0272. The molecule has 0 saturated heterocycles. The summed E-state index contributed by atoms with van der Waals surface area (Å²) >= 11 is 0. The highest BCUT2D eigenvalue weighted by Crippen LogP contribution is 2.38. The first kappa shape index (κ1) is 45.2. The van der Waals surface area contributed by atoms with Crippen LogP contribution in [-0.2, 0) is 27.9 Å². The van der Waals surface area contributed by atoms with Crippen molar-refractivity contribution in [2.45, 2.75) is 168 Å². The summed E-state index contributed by atoms with van der Waals surface area (Å²) in [7, 11) is 1.36. The van der Waals surface area contributed by atoms with Crippen molar-refractivity contribution in [3.8, 4) is 0 Å². The molecule has 0 radical (unpaired) electrons. The van der Waals surface area contributed by atoms with E-state index in [0.717, 1.165) is 44.9 Å². The summed E-state index contributed by atoms with van der Waals surface area (Å²) in [5, 5.41) is 0. The van der Waals surface area contributed by atoms with E-state index >= 15 is 0 Å². The Morgan fingerprint density at radius 2 is 1.13 bits per heavy atom. The number of rotatable bonds is 35. The van der Waals surface area contributed by atoms with E-state index in [1.165, 1.54) is 96.3 Å². The van der Waals surface area contributed by atoms with Crippen LogP contribution in [0.4, 0.5) is 0 Å². The average molecular weight is 676 g/mol. The number of nitrogens with zero attached hydrogens (tertiary/aromatic N) is 1. The average Bonchev–Trinajstić information content (AvgIpc) is 2.99. The van der Waals surface area contributed by atoms with Gasteiger partial charge in [-0.1, -0.05) is 129 Å². The number of allylic oxidation sites excluding steroid dienone is 2. The quantitative estimate of drug-likeness (QED) is 0.0217. The normalized spacial score (nSPS) is 14.1. The first-order valence-electron chi connectivity index (χ1n) is 18.9. The van der Waals surface area contributed by atoms with Gasteiger partial charge in [-0.2, -0.15) is 0 Å². The second-order valence-corrected chi connectivity index (χ2v) is 15.4. The number of likely N-dealkylation sites (N-methyl/N-ethyl adjacent to an activating group) is 1. The molecule has 0 amide bonds. The maximum Gasteiger partial charge on any atom is 0.306 e. The van der Waals surface area contributed by atoms with Crippen LogP contribution in [-0.4, -0.2) is 70.7 Å². The van der Waals surface area contributed by atoms with Crippen LogP contribution in [0, 0.1) is 0 Å². The molecule has 0 aromatic carbocycles. The summed E-state index contributed by atoms with van der Waals surface area (Å²) in [5.41, 5.74) is 0. The topological polar surface area (TPSA) is 94.1 Å². The number of carbonyl (C=O) groups is 1. The van der Waals surface area contributed by atoms with E-state index in [9.17, 15) is 14.3 Å². The number of quaternary nitrogens is 1. The summed E-state index contributed by atoms with van der Waals surface area (Å²) < 4.78 is 34.4. The van der Waals surface area contributed by atoms with Gasteiger partial charge in [-0.05, 0) is 38.5 Å². The van der Waals surface area contributed by atoms with Gasteiger partial charge in [0.1, 0.15) is 19.3 Å². The molecule has 0 N–H and O–H groups in total. The van der Waals surface area contributed by atoms with Crippen LogP contribution in [0.3, 0.4) is 0 Å². The Morgan fingerprint density at radius 1 is 0.652 bits per heavy atom. The molecule has 9 heteroatoms. The molecule has 274 valence electrons. The van der Waals surface area contributed by atoms with Crippen LogP contribution in [0.2, 0.25) is 0 Å². The molecule has 0 aliphatic heterocycles. The SMILES string of the molecule is CCCCC/C=C\CCCCCCCC(=O)OC(COCCCCCCCCCCCCCC)COP(=O)([O-])OCC[N+](C)(C)C. The zero-order valence-electron chi connectivity index (χ0n) is 30.8. The number of hydrogen-bond donors (Lipinski definition) is 0. The summed E-state index contributed by atoms with van der Waals surface area (Å²) in [5.74, 6) is -0.343. The Morgan fingerprint density at radius 3 is 1.70 bits per heavy atom. The lowest BCUT2D eigenvalue weighted by Crippen LogP contribution is -2.37. The molecule has 0 aromatic heterocycles. The molecule has 2 unspecified atom stereocenters. The maximum absolute atomic E-state index is 12.6. The van der Waals surface area contributed by atoms with Crippen molar-refractivity contribution < 1.29 is 37.3 Å².